The van der Waals surface area contributed by atoms with E-state index in [0.29, 0.717) is 6.04 Å². The largest absolute Gasteiger partial charge is 0.317 e. The first-order valence-electron chi connectivity index (χ1n) is 5.58. The van der Waals surface area contributed by atoms with Gasteiger partial charge in [-0.3, -0.25) is 0 Å². The molecule has 15 heavy (non-hydrogen) atoms. The zero-order valence-electron chi connectivity index (χ0n) is 10.00. The predicted molar refractivity (Wildman–Crippen MR) is 69.2 cm³/mol. The van der Waals surface area contributed by atoms with E-state index in [1.165, 1.54) is 18.4 Å². The van der Waals surface area contributed by atoms with Crippen LogP contribution in [0.25, 0.3) is 0 Å². The molecule has 0 fully saturated rings. The molecule has 0 aliphatic heterocycles. The van der Waals surface area contributed by atoms with Crippen molar-refractivity contribution in [1.82, 2.24) is 5.32 Å². The average Bonchev–Trinajstić information content (AvgIpc) is 2.32. The maximum Gasteiger partial charge on any atom is 0.0104 e. The van der Waals surface area contributed by atoms with Gasteiger partial charge in [-0.15, -0.1) is 13.2 Å². The van der Waals surface area contributed by atoms with E-state index in [1.807, 2.05) is 7.05 Å². The topological polar surface area (TPSA) is 12.0 Å². The summed E-state index contributed by atoms with van der Waals surface area (Å²) in [5.74, 6) is 0. The van der Waals surface area contributed by atoms with Gasteiger partial charge in [-0.25, -0.2) is 0 Å². The van der Waals surface area contributed by atoms with Crippen molar-refractivity contribution in [1.29, 1.82) is 0 Å². The van der Waals surface area contributed by atoms with Crippen molar-refractivity contribution in [3.05, 3.63) is 49.1 Å². The molecular weight excluding hydrogens is 182 g/mol. The number of likely N-dealkylation sites (N-methyl/N-ethyl adjacent to an activating group) is 1. The van der Waals surface area contributed by atoms with Crippen LogP contribution in [0.2, 0.25) is 0 Å². The summed E-state index contributed by atoms with van der Waals surface area (Å²) in [4.78, 5) is 0. The van der Waals surface area contributed by atoms with Crippen molar-refractivity contribution in [2.75, 3.05) is 7.05 Å². The van der Waals surface area contributed by atoms with Crippen LogP contribution in [0.4, 0.5) is 0 Å². The van der Waals surface area contributed by atoms with Crippen molar-refractivity contribution >= 4 is 0 Å². The Hall–Kier alpha value is -1.08. The molecule has 0 saturated carbocycles. The Morgan fingerprint density at radius 2 is 1.80 bits per heavy atom. The molecule has 1 N–H and O–H groups in total. The number of nitrogens with one attached hydrogen (secondary N) is 1. The molecule has 0 aliphatic carbocycles. The first kappa shape index (κ1) is 13.9. The van der Waals surface area contributed by atoms with Gasteiger partial charge in [0.1, 0.15) is 0 Å². The van der Waals surface area contributed by atoms with Gasteiger partial charge in [0, 0.05) is 6.04 Å². The van der Waals surface area contributed by atoms with Crippen molar-refractivity contribution in [3.63, 3.8) is 0 Å². The van der Waals surface area contributed by atoms with Crippen LogP contribution in [0.3, 0.4) is 0 Å². The highest BCUT2D eigenvalue weighted by atomic mass is 14.9. The standard InChI is InChI=1S/C12H19N.C2H4/c1-3-7-12(13-2)10-11-8-5-4-6-9-11;1-2/h4-6,8-9,12-13H,3,7,10H2,1-2H3;1-2H2. The summed E-state index contributed by atoms with van der Waals surface area (Å²) >= 11 is 0. The van der Waals surface area contributed by atoms with E-state index in [1.54, 1.807) is 0 Å². The zero-order valence-corrected chi connectivity index (χ0v) is 10.00. The number of rotatable bonds is 5. The minimum atomic E-state index is 0.632. The lowest BCUT2D eigenvalue weighted by molar-refractivity contribution is 0.514. The molecule has 1 unspecified atom stereocenters. The lowest BCUT2D eigenvalue weighted by Crippen LogP contribution is -2.27. The summed E-state index contributed by atoms with van der Waals surface area (Å²) < 4.78 is 0. The molecule has 1 aromatic rings. The van der Waals surface area contributed by atoms with E-state index in [4.69, 9.17) is 0 Å². The Kier molecular flexibility index (Phi) is 8.79. The molecule has 0 aromatic heterocycles. The van der Waals surface area contributed by atoms with Crippen molar-refractivity contribution < 1.29 is 0 Å². The summed E-state index contributed by atoms with van der Waals surface area (Å²) in [7, 11) is 2.04. The summed E-state index contributed by atoms with van der Waals surface area (Å²) in [5, 5.41) is 3.35. The lowest BCUT2D eigenvalue weighted by atomic mass is 10.0. The summed E-state index contributed by atoms with van der Waals surface area (Å²) in [5.41, 5.74) is 1.43. The Morgan fingerprint density at radius 3 is 2.27 bits per heavy atom. The van der Waals surface area contributed by atoms with Crippen LogP contribution in [0.1, 0.15) is 25.3 Å². The normalized spacial score (nSPS) is 11.3. The van der Waals surface area contributed by atoms with Gasteiger partial charge >= 0.3 is 0 Å². The van der Waals surface area contributed by atoms with Gasteiger partial charge in [-0.1, -0.05) is 43.7 Å². The molecular formula is C14H23N. The van der Waals surface area contributed by atoms with Gasteiger partial charge in [-0.05, 0) is 25.5 Å². The Balaban J connectivity index is 0.000000921. The van der Waals surface area contributed by atoms with Crippen LogP contribution in [0.5, 0.6) is 0 Å². The molecule has 84 valence electrons. The fourth-order valence-electron chi connectivity index (χ4n) is 1.60. The molecule has 0 saturated heterocycles. The SMILES string of the molecule is C=C.CCCC(Cc1ccccc1)NC. The fraction of sp³-hybridized carbons (Fsp3) is 0.429. The summed E-state index contributed by atoms with van der Waals surface area (Å²) in [6, 6.07) is 11.3. The van der Waals surface area contributed by atoms with Gasteiger partial charge < -0.3 is 5.32 Å². The maximum atomic E-state index is 3.35. The second kappa shape index (κ2) is 9.47. The molecule has 1 atom stereocenters. The van der Waals surface area contributed by atoms with Crippen LogP contribution < -0.4 is 5.32 Å². The zero-order chi connectivity index (χ0) is 11.5. The van der Waals surface area contributed by atoms with Gasteiger partial charge in [0.05, 0.1) is 0 Å². The van der Waals surface area contributed by atoms with Crippen LogP contribution >= 0.6 is 0 Å². The molecule has 1 nitrogen and oxygen atoms in total. The van der Waals surface area contributed by atoms with E-state index in [-0.39, 0.29) is 0 Å². The van der Waals surface area contributed by atoms with E-state index < -0.39 is 0 Å². The van der Waals surface area contributed by atoms with Gasteiger partial charge in [0.2, 0.25) is 0 Å². The predicted octanol–water partition coefficient (Wildman–Crippen LogP) is 3.42. The molecule has 0 bridgehead atoms. The molecule has 1 heteroatoms. The van der Waals surface area contributed by atoms with Crippen molar-refractivity contribution in [2.45, 2.75) is 32.2 Å². The highest BCUT2D eigenvalue weighted by molar-refractivity contribution is 5.15. The fourth-order valence-corrected chi connectivity index (χ4v) is 1.60. The molecule has 1 rings (SSSR count). The second-order valence-corrected chi connectivity index (χ2v) is 3.46. The first-order valence-corrected chi connectivity index (χ1v) is 5.58. The lowest BCUT2D eigenvalue weighted by Gasteiger charge is -2.14. The Labute approximate surface area is 94.2 Å². The smallest absolute Gasteiger partial charge is 0.0104 e. The number of hydrogen-bond acceptors (Lipinski definition) is 1. The van der Waals surface area contributed by atoms with Crippen LogP contribution in [0, 0.1) is 0 Å². The monoisotopic (exact) mass is 205 g/mol. The molecule has 0 amide bonds. The maximum absolute atomic E-state index is 3.35. The average molecular weight is 205 g/mol. The molecule has 0 aliphatic rings. The minimum absolute atomic E-state index is 0.632. The highest BCUT2D eigenvalue weighted by Crippen LogP contribution is 2.06. The summed E-state index contributed by atoms with van der Waals surface area (Å²) in [6.07, 6.45) is 3.65. The molecule has 0 heterocycles. The Morgan fingerprint density at radius 1 is 1.20 bits per heavy atom. The van der Waals surface area contributed by atoms with Crippen molar-refractivity contribution in [3.8, 4) is 0 Å². The van der Waals surface area contributed by atoms with Crippen LogP contribution in [0.15, 0.2) is 43.5 Å². The molecule has 1 aromatic carbocycles. The van der Waals surface area contributed by atoms with E-state index >= 15 is 0 Å². The number of hydrogen-bond donors (Lipinski definition) is 1. The van der Waals surface area contributed by atoms with Gasteiger partial charge in [-0.2, -0.15) is 0 Å². The second-order valence-electron chi connectivity index (χ2n) is 3.46. The van der Waals surface area contributed by atoms with Crippen LogP contribution in [-0.4, -0.2) is 13.1 Å². The molecule has 0 spiro atoms. The third-order valence-electron chi connectivity index (χ3n) is 2.37. The van der Waals surface area contributed by atoms with E-state index in [0.717, 1.165) is 6.42 Å². The third-order valence-corrected chi connectivity index (χ3v) is 2.37. The quantitative estimate of drug-likeness (QED) is 0.726. The van der Waals surface area contributed by atoms with E-state index in [2.05, 4.69) is 55.7 Å². The van der Waals surface area contributed by atoms with Gasteiger partial charge in [0.25, 0.3) is 0 Å². The van der Waals surface area contributed by atoms with E-state index in [9.17, 15) is 0 Å². The first-order chi connectivity index (χ1) is 7.36. The van der Waals surface area contributed by atoms with Gasteiger partial charge in [0.15, 0.2) is 0 Å². The third kappa shape index (κ3) is 6.08. The minimum Gasteiger partial charge on any atom is -0.317 e. The highest BCUT2D eigenvalue weighted by Gasteiger charge is 2.04. The van der Waals surface area contributed by atoms with Crippen molar-refractivity contribution in [2.24, 2.45) is 0 Å². The van der Waals surface area contributed by atoms with Crippen LogP contribution in [-0.2, 0) is 6.42 Å². The number of benzene rings is 1. The Bertz CT molecular complexity index is 230. The molecule has 0 radical (unpaired) electrons. The summed E-state index contributed by atoms with van der Waals surface area (Å²) in [6.45, 7) is 8.23.